The lowest BCUT2D eigenvalue weighted by Gasteiger charge is -2.36. The van der Waals surface area contributed by atoms with Gasteiger partial charge in [-0.25, -0.2) is 4.39 Å². The number of hydrogen-bond donors (Lipinski definition) is 0. The van der Waals surface area contributed by atoms with Crippen LogP contribution in [0, 0.1) is 24.1 Å². The highest BCUT2D eigenvalue weighted by atomic mass is 28.3. The van der Waals surface area contributed by atoms with Crippen LogP contribution in [0.5, 0.6) is 5.75 Å². The molecule has 1 heterocycles. The zero-order chi connectivity index (χ0) is 27.6. The number of hydrogen-bond acceptors (Lipinski definition) is 3. The van der Waals surface area contributed by atoms with Crippen LogP contribution >= 0.6 is 0 Å². The van der Waals surface area contributed by atoms with E-state index in [1.54, 1.807) is 12.1 Å². The van der Waals surface area contributed by atoms with Crippen molar-refractivity contribution in [3.8, 4) is 5.75 Å². The largest absolute Gasteiger partial charge is 0.489 e. The highest BCUT2D eigenvalue weighted by molar-refractivity contribution is 6.80. The van der Waals surface area contributed by atoms with Crippen LogP contribution in [0.15, 0.2) is 91.1 Å². The van der Waals surface area contributed by atoms with Gasteiger partial charge in [0.25, 0.3) is 9.04 Å². The molecule has 1 aliphatic rings. The lowest BCUT2D eigenvalue weighted by atomic mass is 9.82. The fourth-order valence-corrected chi connectivity index (χ4v) is 7.96. The number of aromatic nitrogens is 2. The molecule has 1 radical (unpaired) electrons. The van der Waals surface area contributed by atoms with E-state index < -0.39 is 9.04 Å². The molecule has 39 heavy (non-hydrogen) atoms. The molecule has 3 atom stereocenters. The second-order valence-electron chi connectivity index (χ2n) is 11.7. The Morgan fingerprint density at radius 2 is 1.64 bits per heavy atom. The van der Waals surface area contributed by atoms with E-state index in [1.165, 1.54) is 16.4 Å². The standard InChI is InChI=1S/C33H38FN2O2Si/c1-6-36-22-30(24(2)35-36)37-23-33(25-14-13-15-26(34)20-25)21-29(33)31(32(3,4)5)38-39(27-16-9-7-10-17-27)28-18-11-8-12-19-28/h7-20,22,29,31H,6,21,23H2,1-5H3/t29-,31?,33+/m0/s1. The summed E-state index contributed by atoms with van der Waals surface area (Å²) in [5.74, 6) is 0.733. The zero-order valence-electron chi connectivity index (χ0n) is 23.5. The minimum atomic E-state index is -1.53. The second-order valence-corrected chi connectivity index (χ2v) is 13.7. The van der Waals surface area contributed by atoms with E-state index in [4.69, 9.17) is 9.16 Å². The predicted molar refractivity (Wildman–Crippen MR) is 157 cm³/mol. The molecule has 0 bridgehead atoms. The number of benzene rings is 3. The number of halogens is 1. The molecule has 4 nitrogen and oxygen atoms in total. The van der Waals surface area contributed by atoms with Gasteiger partial charge >= 0.3 is 0 Å². The van der Waals surface area contributed by atoms with Gasteiger partial charge in [-0.1, -0.05) is 93.6 Å². The number of nitrogens with zero attached hydrogens (tertiary/aromatic N) is 2. The summed E-state index contributed by atoms with van der Waals surface area (Å²) in [7, 11) is -1.53. The smallest absolute Gasteiger partial charge is 0.283 e. The Kier molecular flexibility index (Phi) is 7.79. The molecule has 203 valence electrons. The molecule has 0 saturated heterocycles. The molecule has 0 aliphatic heterocycles. The summed E-state index contributed by atoms with van der Waals surface area (Å²) in [6.45, 7) is 12.0. The Hall–Kier alpha value is -3.22. The summed E-state index contributed by atoms with van der Waals surface area (Å²) in [6, 6.07) is 28.1. The van der Waals surface area contributed by atoms with Crippen LogP contribution in [0.2, 0.25) is 0 Å². The predicted octanol–water partition coefficient (Wildman–Crippen LogP) is 5.92. The monoisotopic (exact) mass is 541 g/mol. The average Bonchev–Trinajstić information content (AvgIpc) is 3.54. The van der Waals surface area contributed by atoms with Gasteiger partial charge in [0.15, 0.2) is 5.75 Å². The maximum Gasteiger partial charge on any atom is 0.283 e. The first kappa shape index (κ1) is 27.3. The van der Waals surface area contributed by atoms with Gasteiger partial charge in [0, 0.05) is 12.0 Å². The Balaban J connectivity index is 1.50. The van der Waals surface area contributed by atoms with E-state index >= 15 is 0 Å². The van der Waals surface area contributed by atoms with Gasteiger partial charge in [-0.3, -0.25) is 4.68 Å². The van der Waals surface area contributed by atoms with Gasteiger partial charge in [-0.15, -0.1) is 0 Å². The van der Waals surface area contributed by atoms with E-state index in [0.717, 1.165) is 30.0 Å². The molecular weight excluding hydrogens is 503 g/mol. The van der Waals surface area contributed by atoms with Gasteiger partial charge in [-0.05, 0) is 59.7 Å². The first-order chi connectivity index (χ1) is 18.7. The van der Waals surface area contributed by atoms with Crippen molar-refractivity contribution in [2.24, 2.45) is 11.3 Å². The highest BCUT2D eigenvalue weighted by Gasteiger charge is 2.62. The van der Waals surface area contributed by atoms with Gasteiger partial charge in [0.2, 0.25) is 0 Å². The van der Waals surface area contributed by atoms with Gasteiger partial charge in [0.1, 0.15) is 11.5 Å². The molecule has 1 aromatic heterocycles. The van der Waals surface area contributed by atoms with Gasteiger partial charge < -0.3 is 9.16 Å². The van der Waals surface area contributed by atoms with E-state index in [-0.39, 0.29) is 28.7 Å². The van der Waals surface area contributed by atoms with E-state index in [9.17, 15) is 4.39 Å². The first-order valence-corrected chi connectivity index (χ1v) is 15.2. The van der Waals surface area contributed by atoms with E-state index in [2.05, 4.69) is 81.3 Å². The first-order valence-electron chi connectivity index (χ1n) is 13.8. The van der Waals surface area contributed by atoms with Crippen molar-refractivity contribution in [2.45, 2.75) is 59.1 Å². The summed E-state index contributed by atoms with van der Waals surface area (Å²) < 4.78 is 30.1. The Bertz CT molecular complexity index is 1350. The van der Waals surface area contributed by atoms with Gasteiger partial charge in [0.05, 0.1) is 18.9 Å². The van der Waals surface area contributed by atoms with Crippen LogP contribution < -0.4 is 15.1 Å². The SMILES string of the molecule is CCn1cc(OC[C@@]2(c3cccc(F)c3)C[C@H]2C(O[Si](c2ccccc2)c2ccccc2)C(C)(C)C)c(C)n1. The molecule has 5 rings (SSSR count). The third-order valence-corrected chi connectivity index (χ3v) is 9.98. The van der Waals surface area contributed by atoms with E-state index in [0.29, 0.717) is 6.61 Å². The van der Waals surface area contributed by atoms with Crippen LogP contribution in [-0.4, -0.2) is 31.5 Å². The van der Waals surface area contributed by atoms with E-state index in [1.807, 2.05) is 36.0 Å². The number of ether oxygens (including phenoxy) is 1. The fourth-order valence-electron chi connectivity index (χ4n) is 5.59. The van der Waals surface area contributed by atoms with Crippen LogP contribution in [0.3, 0.4) is 0 Å². The third kappa shape index (κ3) is 5.87. The molecule has 3 aromatic carbocycles. The zero-order valence-corrected chi connectivity index (χ0v) is 24.5. The van der Waals surface area contributed by atoms with Crippen LogP contribution in [-0.2, 0) is 16.4 Å². The van der Waals surface area contributed by atoms with Crippen molar-refractivity contribution in [2.75, 3.05) is 6.61 Å². The average molecular weight is 542 g/mol. The molecule has 0 N–H and O–H groups in total. The van der Waals surface area contributed by atoms with Crippen LogP contribution in [0.1, 0.15) is 45.4 Å². The Morgan fingerprint density at radius 3 is 2.18 bits per heavy atom. The van der Waals surface area contributed by atoms with Crippen molar-refractivity contribution in [3.05, 3.63) is 108 Å². The number of rotatable bonds is 10. The number of aryl methyl sites for hydroxylation is 2. The Morgan fingerprint density at radius 1 is 1.00 bits per heavy atom. The minimum Gasteiger partial charge on any atom is -0.489 e. The normalized spacial score (nSPS) is 19.7. The van der Waals surface area contributed by atoms with Crippen molar-refractivity contribution in [3.63, 3.8) is 0 Å². The molecule has 0 spiro atoms. The summed E-state index contributed by atoms with van der Waals surface area (Å²) in [6.07, 6.45) is 2.77. The van der Waals surface area contributed by atoms with Gasteiger partial charge in [-0.2, -0.15) is 5.10 Å². The highest BCUT2D eigenvalue weighted by Crippen LogP contribution is 2.59. The summed E-state index contributed by atoms with van der Waals surface area (Å²) in [5, 5.41) is 6.99. The fraction of sp³-hybridized carbons (Fsp3) is 0.364. The molecule has 1 saturated carbocycles. The van der Waals surface area contributed by atoms with Crippen molar-refractivity contribution >= 4 is 19.4 Å². The lowest BCUT2D eigenvalue weighted by Crippen LogP contribution is -2.51. The summed E-state index contributed by atoms with van der Waals surface area (Å²) in [5.41, 5.74) is 1.36. The third-order valence-electron chi connectivity index (χ3n) is 7.78. The summed E-state index contributed by atoms with van der Waals surface area (Å²) >= 11 is 0. The molecule has 1 aliphatic carbocycles. The van der Waals surface area contributed by atoms with Crippen molar-refractivity contribution in [1.82, 2.24) is 9.78 Å². The molecular formula is C33H38FN2O2Si. The maximum absolute atomic E-state index is 14.5. The molecule has 6 heteroatoms. The Labute approximate surface area is 233 Å². The lowest BCUT2D eigenvalue weighted by molar-refractivity contribution is 0.0576. The topological polar surface area (TPSA) is 36.3 Å². The molecule has 0 amide bonds. The van der Waals surface area contributed by atoms with Crippen LogP contribution in [0.25, 0.3) is 0 Å². The maximum atomic E-state index is 14.5. The minimum absolute atomic E-state index is 0.0573. The molecule has 1 unspecified atom stereocenters. The van der Waals surface area contributed by atoms with Crippen molar-refractivity contribution < 1.29 is 13.6 Å². The molecule has 4 aromatic rings. The quantitative estimate of drug-likeness (QED) is 0.234. The van der Waals surface area contributed by atoms with Crippen molar-refractivity contribution in [1.29, 1.82) is 0 Å². The second kappa shape index (κ2) is 11.1. The summed E-state index contributed by atoms with van der Waals surface area (Å²) in [4.78, 5) is 0. The van der Waals surface area contributed by atoms with Crippen LogP contribution in [0.4, 0.5) is 4.39 Å². The molecule has 1 fully saturated rings.